The molecule has 0 spiro atoms. The fraction of sp³-hybridized carbons (Fsp3) is 0.588. The van der Waals surface area contributed by atoms with Gasteiger partial charge in [-0.1, -0.05) is 39.0 Å². The molecule has 0 heterocycles. The summed E-state index contributed by atoms with van der Waals surface area (Å²) in [5.74, 6) is -0.942. The van der Waals surface area contributed by atoms with Crippen LogP contribution in [0.5, 0.6) is 0 Å². The number of hydrogen-bond acceptors (Lipinski definition) is 2. The molecule has 2 N–H and O–H groups in total. The lowest BCUT2D eigenvalue weighted by Crippen LogP contribution is -2.32. The molecule has 112 valence electrons. The van der Waals surface area contributed by atoms with E-state index in [-0.39, 0.29) is 12.0 Å². The van der Waals surface area contributed by atoms with Crippen molar-refractivity contribution >= 4 is 5.97 Å². The van der Waals surface area contributed by atoms with Crippen molar-refractivity contribution in [3.05, 3.63) is 34.9 Å². The summed E-state index contributed by atoms with van der Waals surface area (Å²) in [5, 5.41) is 18.5. The van der Waals surface area contributed by atoms with Crippen molar-refractivity contribution in [1.82, 2.24) is 0 Å². The first-order valence-corrected chi connectivity index (χ1v) is 7.04. The molecule has 1 rings (SSSR count). The van der Waals surface area contributed by atoms with Gasteiger partial charge in [-0.15, -0.1) is 0 Å². The minimum Gasteiger partial charge on any atom is -0.481 e. The number of carboxylic acid groups (broad SMARTS) is 1. The van der Waals surface area contributed by atoms with Crippen molar-refractivity contribution in [2.45, 2.75) is 52.9 Å². The van der Waals surface area contributed by atoms with Crippen LogP contribution in [0.25, 0.3) is 0 Å². The SMILES string of the molecule is Cc1ccc(CC[C@](C)(CO)C(=O)O)cc1C(C)(C)C. The van der Waals surface area contributed by atoms with E-state index in [1.807, 2.05) is 6.07 Å². The third-order valence-electron chi connectivity index (χ3n) is 3.94. The number of benzene rings is 1. The largest absolute Gasteiger partial charge is 0.481 e. The van der Waals surface area contributed by atoms with E-state index in [0.717, 1.165) is 5.56 Å². The zero-order valence-corrected chi connectivity index (χ0v) is 13.2. The van der Waals surface area contributed by atoms with Crippen molar-refractivity contribution < 1.29 is 15.0 Å². The van der Waals surface area contributed by atoms with Gasteiger partial charge in [-0.05, 0) is 48.8 Å². The van der Waals surface area contributed by atoms with Crippen LogP contribution >= 0.6 is 0 Å². The van der Waals surface area contributed by atoms with Crippen molar-refractivity contribution in [2.75, 3.05) is 6.61 Å². The highest BCUT2D eigenvalue weighted by Gasteiger charge is 2.32. The van der Waals surface area contributed by atoms with E-state index in [2.05, 4.69) is 39.8 Å². The third-order valence-corrected chi connectivity index (χ3v) is 3.94. The molecule has 0 fully saturated rings. The average Bonchev–Trinajstić information content (AvgIpc) is 2.35. The number of aliphatic hydroxyl groups excluding tert-OH is 1. The van der Waals surface area contributed by atoms with Gasteiger partial charge in [-0.25, -0.2) is 0 Å². The van der Waals surface area contributed by atoms with Crippen LogP contribution < -0.4 is 0 Å². The molecule has 0 aliphatic carbocycles. The number of carboxylic acids is 1. The number of aliphatic hydroxyl groups is 1. The fourth-order valence-corrected chi connectivity index (χ4v) is 2.31. The zero-order chi connectivity index (χ0) is 15.6. The number of aliphatic carboxylic acids is 1. The Morgan fingerprint density at radius 2 is 1.80 bits per heavy atom. The Bertz CT molecular complexity index is 485. The lowest BCUT2D eigenvalue weighted by molar-refractivity contribution is -0.150. The van der Waals surface area contributed by atoms with E-state index in [1.54, 1.807) is 6.92 Å². The van der Waals surface area contributed by atoms with E-state index in [9.17, 15) is 15.0 Å². The Kier molecular flexibility index (Phi) is 4.98. The molecular formula is C17H26O3. The molecule has 0 bridgehead atoms. The molecule has 3 nitrogen and oxygen atoms in total. The average molecular weight is 278 g/mol. The number of aryl methyl sites for hydroxylation is 2. The van der Waals surface area contributed by atoms with Gasteiger partial charge in [0.05, 0.1) is 12.0 Å². The Morgan fingerprint density at radius 1 is 1.20 bits per heavy atom. The van der Waals surface area contributed by atoms with Crippen molar-refractivity contribution in [2.24, 2.45) is 5.41 Å². The van der Waals surface area contributed by atoms with Gasteiger partial charge in [0, 0.05) is 0 Å². The molecule has 0 aromatic heterocycles. The Balaban J connectivity index is 2.93. The number of carbonyl (C=O) groups is 1. The molecule has 3 heteroatoms. The molecular weight excluding hydrogens is 252 g/mol. The maximum Gasteiger partial charge on any atom is 0.311 e. The van der Waals surface area contributed by atoms with Crippen LogP contribution in [-0.2, 0) is 16.6 Å². The van der Waals surface area contributed by atoms with E-state index >= 15 is 0 Å². The second kappa shape index (κ2) is 5.96. The van der Waals surface area contributed by atoms with Crippen LogP contribution in [0, 0.1) is 12.3 Å². The van der Waals surface area contributed by atoms with Crippen LogP contribution in [0.4, 0.5) is 0 Å². The van der Waals surface area contributed by atoms with Crippen LogP contribution in [0.15, 0.2) is 18.2 Å². The molecule has 1 atom stereocenters. The quantitative estimate of drug-likeness (QED) is 0.868. The summed E-state index contributed by atoms with van der Waals surface area (Å²) >= 11 is 0. The predicted molar refractivity (Wildman–Crippen MR) is 81.0 cm³/mol. The molecule has 0 saturated carbocycles. The number of hydrogen-bond donors (Lipinski definition) is 2. The first-order valence-electron chi connectivity index (χ1n) is 7.04. The van der Waals surface area contributed by atoms with Crippen molar-refractivity contribution in [3.8, 4) is 0 Å². The monoisotopic (exact) mass is 278 g/mol. The molecule has 0 saturated heterocycles. The normalized spacial score (nSPS) is 14.9. The second-order valence-corrected chi connectivity index (χ2v) is 6.92. The lowest BCUT2D eigenvalue weighted by atomic mass is 9.81. The first kappa shape index (κ1) is 16.7. The molecule has 0 aliphatic rings. The Hall–Kier alpha value is -1.35. The Morgan fingerprint density at radius 3 is 2.25 bits per heavy atom. The van der Waals surface area contributed by atoms with Gasteiger partial charge in [-0.2, -0.15) is 0 Å². The molecule has 1 aromatic rings. The van der Waals surface area contributed by atoms with Crippen molar-refractivity contribution in [1.29, 1.82) is 0 Å². The predicted octanol–water partition coefficient (Wildman–Crippen LogP) is 3.31. The second-order valence-electron chi connectivity index (χ2n) is 6.92. The van der Waals surface area contributed by atoms with E-state index in [1.165, 1.54) is 11.1 Å². The molecule has 0 radical (unpaired) electrons. The summed E-state index contributed by atoms with van der Waals surface area (Å²) < 4.78 is 0. The number of rotatable bonds is 5. The van der Waals surface area contributed by atoms with E-state index in [0.29, 0.717) is 12.8 Å². The van der Waals surface area contributed by atoms with Gasteiger partial charge in [0.25, 0.3) is 0 Å². The fourth-order valence-electron chi connectivity index (χ4n) is 2.31. The Labute approximate surface area is 121 Å². The highest BCUT2D eigenvalue weighted by Crippen LogP contribution is 2.29. The van der Waals surface area contributed by atoms with Crippen LogP contribution in [0.2, 0.25) is 0 Å². The summed E-state index contributed by atoms with van der Waals surface area (Å²) in [6, 6.07) is 6.30. The summed E-state index contributed by atoms with van der Waals surface area (Å²) in [6.45, 7) is 9.88. The third kappa shape index (κ3) is 3.83. The van der Waals surface area contributed by atoms with Gasteiger partial charge in [0.2, 0.25) is 0 Å². The zero-order valence-electron chi connectivity index (χ0n) is 13.2. The highest BCUT2D eigenvalue weighted by molar-refractivity contribution is 5.74. The summed E-state index contributed by atoms with van der Waals surface area (Å²) in [5.41, 5.74) is 2.68. The summed E-state index contributed by atoms with van der Waals surface area (Å²) in [6.07, 6.45) is 1.10. The molecule has 1 aromatic carbocycles. The van der Waals surface area contributed by atoms with Gasteiger partial charge >= 0.3 is 5.97 Å². The van der Waals surface area contributed by atoms with Gasteiger partial charge < -0.3 is 10.2 Å². The van der Waals surface area contributed by atoms with Gasteiger partial charge in [0.15, 0.2) is 0 Å². The molecule has 0 aliphatic heterocycles. The molecule has 20 heavy (non-hydrogen) atoms. The maximum atomic E-state index is 11.2. The summed E-state index contributed by atoms with van der Waals surface area (Å²) in [4.78, 5) is 11.2. The first-order chi connectivity index (χ1) is 9.10. The maximum absolute atomic E-state index is 11.2. The topological polar surface area (TPSA) is 57.5 Å². The van der Waals surface area contributed by atoms with E-state index < -0.39 is 11.4 Å². The summed E-state index contributed by atoms with van der Waals surface area (Å²) in [7, 11) is 0. The minimum absolute atomic E-state index is 0.0766. The lowest BCUT2D eigenvalue weighted by Gasteiger charge is -2.24. The van der Waals surface area contributed by atoms with Crippen LogP contribution in [0.3, 0.4) is 0 Å². The minimum atomic E-state index is -1.06. The standard InChI is InChI=1S/C17H26O3/c1-12-6-7-13(10-14(12)16(2,3)4)8-9-17(5,11-18)15(19)20/h6-7,10,18H,8-9,11H2,1-5H3,(H,19,20)/t17-/m1/s1. The van der Waals surface area contributed by atoms with E-state index in [4.69, 9.17) is 0 Å². The molecule has 0 amide bonds. The van der Waals surface area contributed by atoms with Crippen LogP contribution in [0.1, 0.15) is 50.8 Å². The smallest absolute Gasteiger partial charge is 0.311 e. The van der Waals surface area contributed by atoms with Gasteiger partial charge in [0.1, 0.15) is 0 Å². The molecule has 0 unspecified atom stereocenters. The van der Waals surface area contributed by atoms with Crippen LogP contribution in [-0.4, -0.2) is 22.8 Å². The van der Waals surface area contributed by atoms with Crippen molar-refractivity contribution in [3.63, 3.8) is 0 Å². The highest BCUT2D eigenvalue weighted by atomic mass is 16.4. The van der Waals surface area contributed by atoms with Gasteiger partial charge in [-0.3, -0.25) is 4.79 Å².